The molecule has 11 heteroatoms. The van der Waals surface area contributed by atoms with Crippen LogP contribution in [-0.4, -0.2) is 65.2 Å². The van der Waals surface area contributed by atoms with E-state index in [1.165, 1.54) is 13.0 Å². The van der Waals surface area contributed by atoms with E-state index in [2.05, 4.69) is 22.5 Å². The monoisotopic (exact) mass is 517 g/mol. The highest BCUT2D eigenvalue weighted by Crippen LogP contribution is 2.15. The third-order valence-corrected chi connectivity index (χ3v) is 4.18. The third-order valence-electron chi connectivity index (χ3n) is 4.18. The third kappa shape index (κ3) is 15.2. The Balaban J connectivity index is 5.38. The van der Waals surface area contributed by atoms with Crippen molar-refractivity contribution < 1.29 is 37.8 Å². The number of ether oxygens (including phenoxy) is 3. The van der Waals surface area contributed by atoms with Gasteiger partial charge in [0.1, 0.15) is 35.1 Å². The van der Waals surface area contributed by atoms with Crippen LogP contribution in [0.25, 0.3) is 0 Å². The van der Waals surface area contributed by atoms with Crippen LogP contribution in [0.15, 0.2) is 12.7 Å². The fourth-order valence-corrected chi connectivity index (χ4v) is 2.73. The summed E-state index contributed by atoms with van der Waals surface area (Å²) in [6.07, 6.45) is -2.52. The Kier molecular flexibility index (Phi) is 12.4. The van der Waals surface area contributed by atoms with Gasteiger partial charge in [-0.15, -0.1) is 6.58 Å². The number of carbonyl (C=O) groups is 4. The Morgan fingerprint density at radius 3 is 1.64 bits per heavy atom. The van der Waals surface area contributed by atoms with Crippen LogP contribution in [0.5, 0.6) is 0 Å². The first-order valence-corrected chi connectivity index (χ1v) is 11.9. The molecule has 10 nitrogen and oxygen atoms in total. The molecule has 4 atom stereocenters. The lowest BCUT2D eigenvalue weighted by molar-refractivity contribution is -0.158. The number of alkyl carbamates (subject to hydrolysis) is 2. The van der Waals surface area contributed by atoms with Crippen molar-refractivity contribution in [3.8, 4) is 0 Å². The molecule has 0 aromatic carbocycles. The SMILES string of the molecule is C=CC(NC(=O)OC(C)(C)C)C(F)CC[C@H](NC(=O)OC(C)(C)C)C(=O)N[C@@H](C)C(=O)OC(C)(C)C. The molecular weight excluding hydrogens is 473 g/mol. The van der Waals surface area contributed by atoms with Gasteiger partial charge < -0.3 is 30.2 Å². The van der Waals surface area contributed by atoms with Gasteiger partial charge in [0.05, 0.1) is 6.04 Å². The fraction of sp³-hybridized carbons (Fsp3) is 0.760. The number of alkyl halides is 1. The minimum Gasteiger partial charge on any atom is -0.458 e. The second-order valence-corrected chi connectivity index (χ2v) is 11.5. The van der Waals surface area contributed by atoms with Crippen molar-refractivity contribution in [1.82, 2.24) is 16.0 Å². The second kappa shape index (κ2) is 13.5. The van der Waals surface area contributed by atoms with Gasteiger partial charge in [0, 0.05) is 0 Å². The molecule has 0 aliphatic rings. The lowest BCUT2D eigenvalue weighted by Crippen LogP contribution is -2.52. The summed E-state index contributed by atoms with van der Waals surface area (Å²) in [5.74, 6) is -1.38. The maximum Gasteiger partial charge on any atom is 0.408 e. The number of esters is 1. The highest BCUT2D eigenvalue weighted by atomic mass is 19.1. The largest absolute Gasteiger partial charge is 0.458 e. The molecule has 0 aromatic heterocycles. The van der Waals surface area contributed by atoms with Crippen molar-refractivity contribution in [2.45, 2.75) is 123 Å². The molecule has 0 saturated carbocycles. The van der Waals surface area contributed by atoms with Crippen molar-refractivity contribution in [1.29, 1.82) is 0 Å². The molecule has 0 aromatic rings. The van der Waals surface area contributed by atoms with E-state index in [1.54, 1.807) is 62.3 Å². The van der Waals surface area contributed by atoms with Crippen LogP contribution < -0.4 is 16.0 Å². The van der Waals surface area contributed by atoms with Crippen molar-refractivity contribution in [3.63, 3.8) is 0 Å². The lowest BCUT2D eigenvalue weighted by atomic mass is 10.0. The molecule has 208 valence electrons. The first-order chi connectivity index (χ1) is 16.1. The van der Waals surface area contributed by atoms with Crippen LogP contribution in [-0.2, 0) is 23.8 Å². The number of carbonyl (C=O) groups excluding carboxylic acids is 4. The smallest absolute Gasteiger partial charge is 0.408 e. The standard InChI is InChI=1S/C25H44FN3O7/c1-12-17(28-21(32)35-24(6,7)8)16(26)13-14-18(29-22(33)36-25(9,10)11)19(30)27-15(2)20(31)34-23(3,4)5/h12,15-18H,1,13-14H2,2-11H3,(H,27,30)(H,28,32)(H,29,33)/t15-,16?,17?,18-/m0/s1. The summed E-state index contributed by atoms with van der Waals surface area (Å²) in [5, 5.41) is 7.29. The predicted molar refractivity (Wildman–Crippen MR) is 134 cm³/mol. The Hall–Kier alpha value is -2.85. The Labute approximate surface area is 214 Å². The highest BCUT2D eigenvalue weighted by molar-refractivity contribution is 5.89. The molecule has 0 spiro atoms. The number of hydrogen-bond donors (Lipinski definition) is 3. The van der Waals surface area contributed by atoms with Gasteiger partial charge in [-0.05, 0) is 82.1 Å². The minimum absolute atomic E-state index is 0.159. The van der Waals surface area contributed by atoms with Crippen molar-refractivity contribution in [3.05, 3.63) is 12.7 Å². The predicted octanol–water partition coefficient (Wildman–Crippen LogP) is 3.92. The second-order valence-electron chi connectivity index (χ2n) is 11.5. The summed E-state index contributed by atoms with van der Waals surface area (Å²) >= 11 is 0. The first kappa shape index (κ1) is 33.1. The van der Waals surface area contributed by atoms with E-state index in [4.69, 9.17) is 14.2 Å². The van der Waals surface area contributed by atoms with E-state index in [1.807, 2.05) is 0 Å². The molecule has 0 saturated heterocycles. The number of amides is 3. The molecule has 0 aliphatic carbocycles. The molecule has 0 fully saturated rings. The van der Waals surface area contributed by atoms with Crippen LogP contribution in [0, 0.1) is 0 Å². The highest BCUT2D eigenvalue weighted by Gasteiger charge is 2.31. The van der Waals surface area contributed by atoms with E-state index in [0.29, 0.717) is 0 Å². The van der Waals surface area contributed by atoms with E-state index in [9.17, 15) is 23.6 Å². The van der Waals surface area contributed by atoms with Gasteiger partial charge in [0.15, 0.2) is 0 Å². The maximum atomic E-state index is 15.0. The topological polar surface area (TPSA) is 132 Å². The van der Waals surface area contributed by atoms with Gasteiger partial charge in [0.2, 0.25) is 5.91 Å². The molecule has 0 aliphatic heterocycles. The van der Waals surface area contributed by atoms with E-state index in [-0.39, 0.29) is 12.8 Å². The van der Waals surface area contributed by atoms with Crippen molar-refractivity contribution in [2.24, 2.45) is 0 Å². The Morgan fingerprint density at radius 1 is 0.778 bits per heavy atom. The number of halogens is 1. The summed E-state index contributed by atoms with van der Waals surface area (Å²) in [6, 6.07) is -3.34. The maximum absolute atomic E-state index is 15.0. The lowest BCUT2D eigenvalue weighted by Gasteiger charge is -2.27. The normalized spacial score (nSPS) is 15.4. The average molecular weight is 518 g/mol. The molecule has 36 heavy (non-hydrogen) atoms. The number of hydrogen-bond acceptors (Lipinski definition) is 7. The van der Waals surface area contributed by atoms with Gasteiger partial charge in [-0.25, -0.2) is 18.8 Å². The zero-order chi connectivity index (χ0) is 28.5. The van der Waals surface area contributed by atoms with Crippen LogP contribution in [0.2, 0.25) is 0 Å². The minimum atomic E-state index is -1.64. The van der Waals surface area contributed by atoms with Gasteiger partial charge >= 0.3 is 18.2 Å². The van der Waals surface area contributed by atoms with E-state index < -0.39 is 65.2 Å². The fourth-order valence-electron chi connectivity index (χ4n) is 2.73. The van der Waals surface area contributed by atoms with E-state index >= 15 is 0 Å². The van der Waals surface area contributed by atoms with Crippen LogP contribution >= 0.6 is 0 Å². The summed E-state index contributed by atoms with van der Waals surface area (Å²) in [6.45, 7) is 20.0. The van der Waals surface area contributed by atoms with Gasteiger partial charge in [0.25, 0.3) is 0 Å². The van der Waals surface area contributed by atoms with Crippen molar-refractivity contribution in [2.75, 3.05) is 0 Å². The van der Waals surface area contributed by atoms with Gasteiger partial charge in [-0.3, -0.25) is 4.79 Å². The first-order valence-electron chi connectivity index (χ1n) is 11.9. The van der Waals surface area contributed by atoms with Crippen LogP contribution in [0.4, 0.5) is 14.0 Å². The van der Waals surface area contributed by atoms with E-state index in [0.717, 1.165) is 0 Å². The number of nitrogens with one attached hydrogen (secondary N) is 3. The average Bonchev–Trinajstić information content (AvgIpc) is 2.64. The molecule has 3 amide bonds. The van der Waals surface area contributed by atoms with Crippen LogP contribution in [0.1, 0.15) is 82.1 Å². The van der Waals surface area contributed by atoms with Crippen LogP contribution in [0.3, 0.4) is 0 Å². The summed E-state index contributed by atoms with van der Waals surface area (Å²) in [5.41, 5.74) is -2.36. The summed E-state index contributed by atoms with van der Waals surface area (Å²) in [4.78, 5) is 49.5. The summed E-state index contributed by atoms with van der Waals surface area (Å²) < 4.78 is 30.6. The molecule has 0 radical (unpaired) electrons. The molecule has 3 N–H and O–H groups in total. The Morgan fingerprint density at radius 2 is 1.22 bits per heavy atom. The van der Waals surface area contributed by atoms with Gasteiger partial charge in [-0.1, -0.05) is 6.08 Å². The zero-order valence-corrected chi connectivity index (χ0v) is 23.2. The molecule has 0 heterocycles. The molecule has 0 rings (SSSR count). The molecule has 0 bridgehead atoms. The van der Waals surface area contributed by atoms with Gasteiger partial charge in [-0.2, -0.15) is 0 Å². The number of rotatable bonds is 10. The molecule has 2 unspecified atom stereocenters. The Bertz CT molecular complexity index is 782. The summed E-state index contributed by atoms with van der Waals surface area (Å²) in [7, 11) is 0. The molecular formula is C25H44FN3O7. The van der Waals surface area contributed by atoms with Crippen molar-refractivity contribution >= 4 is 24.1 Å². The quantitative estimate of drug-likeness (QED) is 0.227. The zero-order valence-electron chi connectivity index (χ0n) is 23.2.